The highest BCUT2D eigenvalue weighted by molar-refractivity contribution is 9.11. The van der Waals surface area contributed by atoms with E-state index in [1.165, 1.54) is 70.5 Å². The summed E-state index contributed by atoms with van der Waals surface area (Å²) in [7, 11) is 8.19. The second-order valence-corrected chi connectivity index (χ2v) is 38.4. The molecule has 132 heavy (non-hydrogen) atoms. The molecule has 0 saturated carbocycles. The maximum Gasteiger partial charge on any atom is 0.257 e. The number of nitrogens with one attached hydrogen (secondary N) is 3. The summed E-state index contributed by atoms with van der Waals surface area (Å²) in [5.74, 6) is 11.1. The number of methoxy groups -OCH3 is 5. The van der Waals surface area contributed by atoms with Gasteiger partial charge in [0.15, 0.2) is 25.7 Å². The minimum Gasteiger partial charge on any atom is -0.497 e. The van der Waals surface area contributed by atoms with Gasteiger partial charge in [0, 0.05) is 70.4 Å². The second-order valence-electron chi connectivity index (χ2n) is 29.7. The summed E-state index contributed by atoms with van der Waals surface area (Å²) in [4.78, 5) is 61.4. The van der Waals surface area contributed by atoms with Crippen molar-refractivity contribution in [2.75, 3.05) is 63.0 Å². The number of thiazole rings is 5. The standard InChI is InChI=1S/C24H20BrN3O3S.C20H19BrN2O3S.C20H20N2O3S.C18H17BrN2O2S.C18H18N2O2S/c1-14-12-19(31-18-6-4-17(30-3)5-7-18)13-15(2)20(14)21-22(25)32-24(27-21)28-23(29)16-8-10-26-11-9-16;1-11-9-16(26-15-7-5-14(25-4)6-8-15)10-12(2)17(11)18-19(21)27-20(23-18)22-13(3)24;1-12-9-17(25-16-7-5-15(24-4)6-8-16)10-13(2)19(12)18-11-26-20(22-18)21-14(3)23;1-10-8-14(23-13-6-4-12(22-3)5-7-13)9-11(2)15(10)16-17(19)24-18(20)21-16;1-11-8-15(22-14-6-4-13(21-3)5-7-14)9-12(2)17(11)16-10-23-18(19)20-16/h4-13H,1-3H3,(H,27,28,29);5-10H,1-4H3,(H,22,23,24);5-11H,1-4H3,(H,21,22,23);4-9H,1-3H3,(H2,20,21);4-10H,1-3H3,(H2,19,20). The third kappa shape index (κ3) is 26.2. The Labute approximate surface area is 811 Å². The number of hydrogen-bond acceptors (Lipinski definition) is 26. The van der Waals surface area contributed by atoms with E-state index >= 15 is 0 Å². The number of halogens is 3. The highest BCUT2D eigenvalue weighted by Gasteiger charge is 2.23. The number of nitrogens with two attached hydrogens (primary N) is 2. The lowest BCUT2D eigenvalue weighted by Gasteiger charge is -2.13. The summed E-state index contributed by atoms with van der Waals surface area (Å²) in [6.07, 6.45) is 3.17. The van der Waals surface area contributed by atoms with Crippen molar-refractivity contribution in [1.82, 2.24) is 29.9 Å². The fourth-order valence-electron chi connectivity index (χ4n) is 14.1. The molecule has 0 fully saturated rings. The van der Waals surface area contributed by atoms with Crippen molar-refractivity contribution in [3.05, 3.63) is 290 Å². The lowest BCUT2D eigenvalue weighted by molar-refractivity contribution is -0.115. The molecule has 0 aliphatic carbocycles. The Hall–Kier alpha value is -13.1. The SMILES string of the molecule is COc1ccc(Oc2cc(C)c(-c3csc(N)n3)c(C)c2)cc1.COc1ccc(Oc2cc(C)c(-c3csc(NC(C)=O)n3)c(C)c2)cc1.COc1ccc(Oc2cc(C)c(-c3nc(N)sc3Br)c(C)c2)cc1.COc1ccc(Oc2cc(C)c(-c3nc(NC(=O)c4ccncc4)sc3Br)c(C)c2)cc1.COc1ccc(Oc2cc(C)c(-c3nc(NC(C)=O)sc3Br)c(C)c2)cc1. The van der Waals surface area contributed by atoms with Crippen molar-refractivity contribution in [3.8, 4) is 143 Å². The summed E-state index contributed by atoms with van der Waals surface area (Å²) in [6.45, 7) is 23.3. The minimum atomic E-state index is -0.225. The first-order chi connectivity index (χ1) is 63.3. The molecule has 0 radical (unpaired) electrons. The molecule has 0 bridgehead atoms. The molecule has 0 saturated heterocycles. The van der Waals surface area contributed by atoms with Crippen LogP contribution in [0.1, 0.15) is 79.8 Å². The van der Waals surface area contributed by atoms with Gasteiger partial charge in [-0.1, -0.05) is 34.0 Å². The van der Waals surface area contributed by atoms with Crippen LogP contribution >= 0.6 is 104 Å². The molecular weight excluding hydrogens is 1960 g/mol. The molecule has 0 atom stereocenters. The van der Waals surface area contributed by atoms with Gasteiger partial charge < -0.3 is 69.5 Å². The average molecular weight is 2060 g/mol. The van der Waals surface area contributed by atoms with Gasteiger partial charge in [0.05, 0.1) is 75.4 Å². The molecule has 0 unspecified atom stereocenters. The van der Waals surface area contributed by atoms with E-state index in [0.29, 0.717) is 31.2 Å². The Morgan fingerprint density at radius 1 is 0.295 bits per heavy atom. The number of ether oxygens (including phenoxy) is 10. The van der Waals surface area contributed by atoms with Gasteiger partial charge >= 0.3 is 0 Å². The number of anilines is 5. The zero-order valence-corrected chi connectivity index (χ0v) is 83.9. The Morgan fingerprint density at radius 2 is 0.553 bits per heavy atom. The van der Waals surface area contributed by atoms with Crippen LogP contribution in [0.3, 0.4) is 0 Å². The number of carbonyl (C=O) groups is 3. The monoisotopic (exact) mass is 2050 g/mol. The van der Waals surface area contributed by atoms with Crippen molar-refractivity contribution in [3.63, 3.8) is 0 Å². The largest absolute Gasteiger partial charge is 0.497 e. The maximum atomic E-state index is 12.5. The number of carbonyl (C=O) groups excluding carboxylic acids is 3. The number of aromatic nitrogens is 6. The zero-order chi connectivity index (χ0) is 94.6. The molecule has 32 heteroatoms. The highest BCUT2D eigenvalue weighted by atomic mass is 79.9. The van der Waals surface area contributed by atoms with Gasteiger partial charge in [-0.15, -0.1) is 22.7 Å². The Morgan fingerprint density at radius 3 is 0.826 bits per heavy atom. The molecular formula is C100H94Br3N11O13S5. The van der Waals surface area contributed by atoms with E-state index in [-0.39, 0.29) is 17.7 Å². The third-order valence-corrected chi connectivity index (χ3v) is 26.0. The van der Waals surface area contributed by atoms with E-state index in [2.05, 4.69) is 107 Å². The number of benzene rings is 10. The Balaban J connectivity index is 0.000000150. The van der Waals surface area contributed by atoms with Crippen LogP contribution in [0.4, 0.5) is 25.7 Å². The van der Waals surface area contributed by atoms with Crippen molar-refractivity contribution in [2.24, 2.45) is 0 Å². The van der Waals surface area contributed by atoms with E-state index in [0.717, 1.165) is 210 Å². The lowest BCUT2D eigenvalue weighted by Crippen LogP contribution is -2.11. The van der Waals surface area contributed by atoms with Crippen LogP contribution in [0.2, 0.25) is 0 Å². The molecule has 6 aromatic heterocycles. The lowest BCUT2D eigenvalue weighted by atomic mass is 10.0. The van der Waals surface area contributed by atoms with Crippen LogP contribution in [0.25, 0.3) is 56.3 Å². The number of aryl methyl sites for hydroxylation is 10. The first kappa shape index (κ1) is 98.0. The molecule has 10 aromatic carbocycles. The third-order valence-electron chi connectivity index (χ3n) is 19.8. The fraction of sp³-hybridized carbons (Fsp3) is 0.170. The van der Waals surface area contributed by atoms with Crippen LogP contribution in [0.5, 0.6) is 86.2 Å². The molecule has 0 spiro atoms. The van der Waals surface area contributed by atoms with Crippen LogP contribution < -0.4 is 74.8 Å². The van der Waals surface area contributed by atoms with Crippen molar-refractivity contribution in [1.29, 1.82) is 0 Å². The number of rotatable bonds is 24. The highest BCUT2D eigenvalue weighted by Crippen LogP contribution is 2.46. The first-order valence-electron chi connectivity index (χ1n) is 40.7. The molecule has 16 rings (SSSR count). The molecule has 6 heterocycles. The summed E-state index contributed by atoms with van der Waals surface area (Å²) in [6, 6.07) is 60.7. The van der Waals surface area contributed by atoms with Crippen LogP contribution in [0, 0.1) is 69.2 Å². The van der Waals surface area contributed by atoms with E-state index in [9.17, 15) is 14.4 Å². The predicted octanol–water partition coefficient (Wildman–Crippen LogP) is 28.2. The van der Waals surface area contributed by atoms with Crippen molar-refractivity contribution < 1.29 is 61.8 Å². The minimum absolute atomic E-state index is 0.123. The molecule has 678 valence electrons. The fourth-order valence-corrected chi connectivity index (χ4v) is 19.6. The van der Waals surface area contributed by atoms with Gasteiger partial charge in [0.1, 0.15) is 86.2 Å². The summed E-state index contributed by atoms with van der Waals surface area (Å²) in [5.41, 5.74) is 32.2. The van der Waals surface area contributed by atoms with Crippen LogP contribution in [-0.2, 0) is 9.59 Å². The molecule has 3 amide bonds. The van der Waals surface area contributed by atoms with E-state index in [1.54, 1.807) is 60.1 Å². The number of pyridine rings is 1. The number of nitrogen functional groups attached to an aromatic ring is 2. The second kappa shape index (κ2) is 45.7. The van der Waals surface area contributed by atoms with Gasteiger partial charge in [0.2, 0.25) is 11.8 Å². The van der Waals surface area contributed by atoms with E-state index in [1.807, 2.05) is 248 Å². The number of hydrogen-bond donors (Lipinski definition) is 5. The predicted molar refractivity (Wildman–Crippen MR) is 543 cm³/mol. The Kier molecular flexibility index (Phi) is 33.9. The smallest absolute Gasteiger partial charge is 0.257 e. The van der Waals surface area contributed by atoms with Crippen LogP contribution in [-0.4, -0.2) is 83.2 Å². The summed E-state index contributed by atoms with van der Waals surface area (Å²) >= 11 is 17.8. The van der Waals surface area contributed by atoms with Gasteiger partial charge in [0.25, 0.3) is 5.91 Å². The van der Waals surface area contributed by atoms with Gasteiger partial charge in [-0.3, -0.25) is 24.7 Å². The maximum absolute atomic E-state index is 12.5. The van der Waals surface area contributed by atoms with Gasteiger partial charge in [-0.2, -0.15) is 0 Å². The van der Waals surface area contributed by atoms with Crippen LogP contribution in [0.15, 0.2) is 229 Å². The van der Waals surface area contributed by atoms with Crippen molar-refractivity contribution >= 4 is 148 Å². The summed E-state index contributed by atoms with van der Waals surface area (Å²) < 4.78 is 58.3. The Bertz CT molecular complexity index is 6620. The van der Waals surface area contributed by atoms with Gasteiger partial charge in [-0.25, -0.2) is 24.9 Å². The summed E-state index contributed by atoms with van der Waals surface area (Å²) in [5, 5.41) is 15.1. The molecule has 7 N–H and O–H groups in total. The normalized spacial score (nSPS) is 10.6. The first-order valence-corrected chi connectivity index (χ1v) is 47.3. The quantitative estimate of drug-likeness (QED) is 0.0375. The molecule has 0 aliphatic rings. The average Bonchev–Trinajstić information content (AvgIpc) is 1.60. The number of amides is 3. The molecule has 24 nitrogen and oxygen atoms in total. The van der Waals surface area contributed by atoms with Crippen molar-refractivity contribution in [2.45, 2.75) is 83.1 Å². The molecule has 16 aromatic rings. The van der Waals surface area contributed by atoms with Gasteiger partial charge in [-0.05, 0) is 367 Å². The number of nitrogens with zero attached hydrogens (tertiary/aromatic N) is 6. The topological polar surface area (TPSA) is 309 Å². The molecule has 0 aliphatic heterocycles. The zero-order valence-electron chi connectivity index (χ0n) is 75.1. The van der Waals surface area contributed by atoms with E-state index in [4.69, 9.17) is 58.8 Å². The van der Waals surface area contributed by atoms with E-state index < -0.39 is 0 Å².